The molecule has 3 heterocycles. The van der Waals surface area contributed by atoms with Crippen molar-refractivity contribution in [3.05, 3.63) is 11.6 Å². The van der Waals surface area contributed by atoms with E-state index in [0.29, 0.717) is 39.1 Å². The quantitative estimate of drug-likeness (QED) is 0.185. The summed E-state index contributed by atoms with van der Waals surface area (Å²) in [6.07, 6.45) is 3.62. The predicted molar refractivity (Wildman–Crippen MR) is 163 cm³/mol. The largest absolute Gasteiger partial charge is 0.447 e. The van der Waals surface area contributed by atoms with Crippen molar-refractivity contribution >= 4 is 24.0 Å². The number of hydrogen-bond donors (Lipinski definition) is 3. The third-order valence-electron chi connectivity index (χ3n) is 9.32. The minimum atomic E-state index is -0.874. The SMILES string of the molecule is CNCC(=O)NCCN(C)CC(=O)NC(=O)OC[C@@H]1CCCN1C(=O)OC1CC[C@]2(CO2)C(C2(C)O[C@@H]2CC=C(C)C)C1OC. The van der Waals surface area contributed by atoms with Crippen LogP contribution < -0.4 is 16.0 Å². The number of allylic oxidation sites excluding steroid dienone is 1. The van der Waals surface area contributed by atoms with Gasteiger partial charge in [-0.15, -0.1) is 0 Å². The van der Waals surface area contributed by atoms with Crippen molar-refractivity contribution in [2.45, 2.75) is 88.4 Å². The molecule has 3 saturated heterocycles. The van der Waals surface area contributed by atoms with Gasteiger partial charge in [0.05, 0.1) is 37.8 Å². The van der Waals surface area contributed by atoms with Gasteiger partial charge in [0, 0.05) is 26.7 Å². The summed E-state index contributed by atoms with van der Waals surface area (Å²) in [6.45, 7) is 8.28. The van der Waals surface area contributed by atoms with Crippen molar-refractivity contribution in [1.29, 1.82) is 0 Å². The lowest BCUT2D eigenvalue weighted by Crippen LogP contribution is -2.56. The summed E-state index contributed by atoms with van der Waals surface area (Å²) in [5.41, 5.74) is 0.494. The maximum absolute atomic E-state index is 13.4. The number of epoxide rings is 2. The van der Waals surface area contributed by atoms with Crippen molar-refractivity contribution in [2.24, 2.45) is 5.92 Å². The van der Waals surface area contributed by atoms with Gasteiger partial charge in [-0.2, -0.15) is 0 Å². The highest BCUT2D eigenvalue weighted by Gasteiger charge is 2.72. The number of imide groups is 1. The van der Waals surface area contributed by atoms with Crippen molar-refractivity contribution in [3.8, 4) is 0 Å². The Labute approximate surface area is 265 Å². The van der Waals surface area contributed by atoms with Gasteiger partial charge in [-0.05, 0) is 67.0 Å². The highest BCUT2D eigenvalue weighted by Crippen LogP contribution is 2.59. The summed E-state index contributed by atoms with van der Waals surface area (Å²) in [4.78, 5) is 52.8. The van der Waals surface area contributed by atoms with Gasteiger partial charge in [0.15, 0.2) is 0 Å². The third-order valence-corrected chi connectivity index (χ3v) is 9.32. The van der Waals surface area contributed by atoms with Crippen LogP contribution in [-0.2, 0) is 33.3 Å². The number of rotatable bonds is 14. The van der Waals surface area contributed by atoms with E-state index in [1.807, 2.05) is 0 Å². The standard InChI is InChI=1S/C31H51N5O9/c1-20(2)9-10-23-30(3,45-23)27-26(41-6)22(11-12-31(27)19-43-31)44-29(40)36-14-7-8-21(36)18-42-28(39)34-25(38)17-35(5)15-13-33-24(37)16-32-4/h9,21-23,26-27,32H,7-8,10-19H2,1-6H3,(H,33,37)(H,34,38,39)/t21-,22?,23+,26?,27?,30?,31-/m0/s1. The van der Waals surface area contributed by atoms with E-state index in [-0.39, 0.29) is 55.4 Å². The summed E-state index contributed by atoms with van der Waals surface area (Å²) in [5, 5.41) is 7.70. The van der Waals surface area contributed by atoms with Crippen LogP contribution in [0.15, 0.2) is 11.6 Å². The van der Waals surface area contributed by atoms with Gasteiger partial charge in [-0.25, -0.2) is 9.59 Å². The van der Waals surface area contributed by atoms with E-state index >= 15 is 0 Å². The summed E-state index contributed by atoms with van der Waals surface area (Å²) in [7, 11) is 5.03. The highest BCUT2D eigenvalue weighted by atomic mass is 16.6. The minimum absolute atomic E-state index is 0.0476. The molecular formula is C31H51N5O9. The normalized spacial score (nSPS) is 31.8. The molecule has 1 saturated carbocycles. The van der Waals surface area contributed by atoms with E-state index in [1.54, 1.807) is 31.0 Å². The number of alkyl carbamates (subject to hydrolysis) is 1. The van der Waals surface area contributed by atoms with Crippen LogP contribution in [0.25, 0.3) is 0 Å². The molecule has 14 heteroatoms. The van der Waals surface area contributed by atoms with Crippen LogP contribution in [0.4, 0.5) is 9.59 Å². The maximum Gasteiger partial charge on any atom is 0.413 e. The predicted octanol–water partition coefficient (Wildman–Crippen LogP) is 1.18. The Kier molecular flexibility index (Phi) is 11.9. The zero-order chi connectivity index (χ0) is 32.8. The van der Waals surface area contributed by atoms with Crippen molar-refractivity contribution in [1.82, 2.24) is 25.8 Å². The lowest BCUT2D eigenvalue weighted by molar-refractivity contribution is -0.122. The van der Waals surface area contributed by atoms with Crippen LogP contribution in [0, 0.1) is 5.92 Å². The first kappa shape index (κ1) is 35.1. The molecule has 4 unspecified atom stereocenters. The third kappa shape index (κ3) is 8.94. The Bertz CT molecular complexity index is 1110. The molecule has 4 aliphatic rings. The Hall–Kier alpha value is -2.78. The molecule has 254 valence electrons. The van der Waals surface area contributed by atoms with Gasteiger partial charge in [0.25, 0.3) is 0 Å². The van der Waals surface area contributed by atoms with Crippen molar-refractivity contribution in [3.63, 3.8) is 0 Å². The Morgan fingerprint density at radius 3 is 2.58 bits per heavy atom. The molecular weight excluding hydrogens is 586 g/mol. The first-order valence-corrected chi connectivity index (χ1v) is 15.9. The number of carbonyl (C=O) groups excluding carboxylic acids is 4. The average Bonchev–Trinajstić information content (AvgIpc) is 3.83. The van der Waals surface area contributed by atoms with Gasteiger partial charge in [-0.3, -0.25) is 19.8 Å². The molecule has 1 spiro atoms. The number of ether oxygens (including phenoxy) is 5. The van der Waals surface area contributed by atoms with Crippen LogP contribution >= 0.6 is 0 Å². The number of hydrogen-bond acceptors (Lipinski definition) is 11. The summed E-state index contributed by atoms with van der Waals surface area (Å²) >= 11 is 0. The van der Waals surface area contributed by atoms with Crippen molar-refractivity contribution in [2.75, 3.05) is 67.1 Å². The van der Waals surface area contributed by atoms with Gasteiger partial charge >= 0.3 is 12.2 Å². The Morgan fingerprint density at radius 2 is 1.91 bits per heavy atom. The molecule has 0 bridgehead atoms. The van der Waals surface area contributed by atoms with Crippen LogP contribution in [-0.4, -0.2) is 136 Å². The molecule has 14 nitrogen and oxygen atoms in total. The van der Waals surface area contributed by atoms with Crippen LogP contribution in [0.3, 0.4) is 0 Å². The van der Waals surface area contributed by atoms with Gasteiger partial charge in [0.1, 0.15) is 30.0 Å². The van der Waals surface area contributed by atoms with E-state index in [4.69, 9.17) is 23.7 Å². The average molecular weight is 638 g/mol. The Morgan fingerprint density at radius 1 is 1.16 bits per heavy atom. The van der Waals surface area contributed by atoms with Gasteiger partial charge in [-0.1, -0.05) is 11.6 Å². The monoisotopic (exact) mass is 637 g/mol. The first-order chi connectivity index (χ1) is 21.4. The van der Waals surface area contributed by atoms with Crippen LogP contribution in [0.5, 0.6) is 0 Å². The van der Waals surface area contributed by atoms with E-state index in [0.717, 1.165) is 19.3 Å². The molecule has 4 amide bonds. The van der Waals surface area contributed by atoms with Crippen LogP contribution in [0.1, 0.15) is 52.9 Å². The molecule has 0 aromatic carbocycles. The lowest BCUT2D eigenvalue weighted by atomic mass is 9.68. The topological polar surface area (TPSA) is 164 Å². The first-order valence-electron chi connectivity index (χ1n) is 15.9. The summed E-state index contributed by atoms with van der Waals surface area (Å²) in [5.74, 6) is -0.747. The number of methoxy groups -OCH3 is 1. The second kappa shape index (κ2) is 15.2. The molecule has 1 aliphatic carbocycles. The minimum Gasteiger partial charge on any atom is -0.447 e. The fourth-order valence-corrected chi connectivity index (χ4v) is 6.81. The molecule has 4 fully saturated rings. The second-order valence-corrected chi connectivity index (χ2v) is 13.1. The van der Waals surface area contributed by atoms with Crippen LogP contribution in [0.2, 0.25) is 0 Å². The zero-order valence-corrected chi connectivity index (χ0v) is 27.5. The van der Waals surface area contributed by atoms with Gasteiger partial charge in [0.2, 0.25) is 11.8 Å². The molecule has 3 aliphatic heterocycles. The maximum atomic E-state index is 13.4. The highest BCUT2D eigenvalue weighted by molar-refractivity contribution is 5.92. The number of nitrogens with zero attached hydrogens (tertiary/aromatic N) is 2. The molecule has 45 heavy (non-hydrogen) atoms. The van der Waals surface area contributed by atoms with Gasteiger partial charge < -0.3 is 39.2 Å². The van der Waals surface area contributed by atoms with E-state index in [9.17, 15) is 19.2 Å². The summed E-state index contributed by atoms with van der Waals surface area (Å²) < 4.78 is 29.7. The molecule has 3 N–H and O–H groups in total. The number of likely N-dealkylation sites (tertiary alicyclic amines) is 1. The summed E-state index contributed by atoms with van der Waals surface area (Å²) in [6, 6.07) is -0.363. The molecule has 4 rings (SSSR count). The second-order valence-electron chi connectivity index (χ2n) is 13.1. The smallest absolute Gasteiger partial charge is 0.413 e. The fourth-order valence-electron chi connectivity index (χ4n) is 6.81. The van der Waals surface area contributed by atoms with E-state index < -0.39 is 29.8 Å². The molecule has 0 aromatic rings. The number of likely N-dealkylation sites (N-methyl/N-ethyl adjacent to an activating group) is 2. The number of carbonyl (C=O) groups is 4. The molecule has 0 radical (unpaired) electrons. The Balaban J connectivity index is 1.24. The fraction of sp³-hybridized carbons (Fsp3) is 0.806. The molecule has 0 aromatic heterocycles. The van der Waals surface area contributed by atoms with Crippen molar-refractivity contribution < 1.29 is 42.9 Å². The zero-order valence-electron chi connectivity index (χ0n) is 27.5. The number of nitrogens with one attached hydrogen (secondary N) is 3. The van der Waals surface area contributed by atoms with E-state index in [1.165, 1.54) is 5.57 Å². The number of amides is 4. The lowest BCUT2D eigenvalue weighted by Gasteiger charge is -2.43. The van der Waals surface area contributed by atoms with E-state index in [2.05, 4.69) is 42.8 Å². The molecule has 7 atom stereocenters.